The summed E-state index contributed by atoms with van der Waals surface area (Å²) in [5.41, 5.74) is 2.65. The van der Waals surface area contributed by atoms with Crippen molar-refractivity contribution in [1.29, 1.82) is 0 Å². The minimum Gasteiger partial charge on any atom is -0.469 e. The molecule has 0 amide bonds. The number of rotatable bonds is 3. The Labute approximate surface area is 133 Å². The van der Waals surface area contributed by atoms with E-state index >= 15 is 0 Å². The van der Waals surface area contributed by atoms with E-state index in [-0.39, 0.29) is 11.9 Å². The molecule has 2 fully saturated rings. The van der Waals surface area contributed by atoms with Crippen LogP contribution in [0.4, 0.5) is 0 Å². The third-order valence-corrected chi connectivity index (χ3v) is 5.77. The summed E-state index contributed by atoms with van der Waals surface area (Å²) in [4.78, 5) is 14.8. The molecule has 2 bridgehead atoms. The van der Waals surface area contributed by atoms with E-state index in [0.29, 0.717) is 23.9 Å². The van der Waals surface area contributed by atoms with Crippen molar-refractivity contribution in [2.24, 2.45) is 5.92 Å². The predicted octanol–water partition coefficient (Wildman–Crippen LogP) is 3.55. The monoisotopic (exact) mass is 301 g/mol. The lowest BCUT2D eigenvalue weighted by molar-refractivity contribution is -0.150. The van der Waals surface area contributed by atoms with E-state index in [1.165, 1.54) is 24.7 Å². The van der Waals surface area contributed by atoms with E-state index in [4.69, 9.17) is 4.74 Å². The van der Waals surface area contributed by atoms with Gasteiger partial charge in [0.15, 0.2) is 0 Å². The Kier molecular flexibility index (Phi) is 4.26. The van der Waals surface area contributed by atoms with Crippen molar-refractivity contribution in [2.75, 3.05) is 14.2 Å². The Morgan fingerprint density at radius 1 is 1.23 bits per heavy atom. The quantitative estimate of drug-likeness (QED) is 0.800. The van der Waals surface area contributed by atoms with Crippen molar-refractivity contribution in [3.8, 4) is 0 Å². The van der Waals surface area contributed by atoms with Crippen molar-refractivity contribution in [3.05, 3.63) is 35.4 Å². The van der Waals surface area contributed by atoms with E-state index in [2.05, 4.69) is 50.1 Å². The molecule has 0 radical (unpaired) electrons. The molecule has 1 aromatic carbocycles. The Balaban J connectivity index is 1.91. The molecule has 3 heteroatoms. The summed E-state index contributed by atoms with van der Waals surface area (Å²) >= 11 is 0. The minimum absolute atomic E-state index is 0.0290. The second kappa shape index (κ2) is 6.04. The molecular weight excluding hydrogens is 274 g/mol. The molecule has 2 aliphatic rings. The van der Waals surface area contributed by atoms with E-state index in [0.717, 1.165) is 12.8 Å². The van der Waals surface area contributed by atoms with Gasteiger partial charge in [0.25, 0.3) is 0 Å². The maximum absolute atomic E-state index is 12.4. The van der Waals surface area contributed by atoms with Crippen LogP contribution in [0, 0.1) is 5.92 Å². The van der Waals surface area contributed by atoms with Gasteiger partial charge in [0, 0.05) is 18.0 Å². The fourth-order valence-corrected chi connectivity index (χ4v) is 4.40. The topological polar surface area (TPSA) is 29.5 Å². The fourth-order valence-electron chi connectivity index (χ4n) is 4.40. The highest BCUT2D eigenvalue weighted by molar-refractivity contribution is 5.75. The molecule has 0 N–H and O–H groups in total. The number of ether oxygens (including phenoxy) is 1. The number of fused-ring (bicyclic) bond motifs is 2. The highest BCUT2D eigenvalue weighted by atomic mass is 16.5. The molecule has 2 unspecified atom stereocenters. The van der Waals surface area contributed by atoms with Crippen LogP contribution in [0.15, 0.2) is 24.3 Å². The smallest absolute Gasteiger partial charge is 0.310 e. The van der Waals surface area contributed by atoms with Gasteiger partial charge in [0.2, 0.25) is 0 Å². The molecule has 4 atom stereocenters. The zero-order valence-electron chi connectivity index (χ0n) is 14.1. The van der Waals surface area contributed by atoms with Crippen LogP contribution < -0.4 is 0 Å². The number of benzene rings is 1. The van der Waals surface area contributed by atoms with Crippen LogP contribution in [0.3, 0.4) is 0 Å². The lowest BCUT2D eigenvalue weighted by Gasteiger charge is -2.41. The summed E-state index contributed by atoms with van der Waals surface area (Å²) in [6.07, 6.45) is 3.38. The zero-order chi connectivity index (χ0) is 15.9. The van der Waals surface area contributed by atoms with Gasteiger partial charge in [-0.2, -0.15) is 0 Å². The predicted molar refractivity (Wildman–Crippen MR) is 88.0 cm³/mol. The molecule has 1 aromatic rings. The molecule has 2 heterocycles. The molecule has 0 saturated carbocycles. The molecule has 3 nitrogen and oxygen atoms in total. The average Bonchev–Trinajstić information content (AvgIpc) is 2.76. The summed E-state index contributed by atoms with van der Waals surface area (Å²) in [6, 6.07) is 9.83. The average molecular weight is 301 g/mol. The molecule has 0 aromatic heterocycles. The molecular formula is C19H27NO2. The van der Waals surface area contributed by atoms with E-state index in [9.17, 15) is 4.79 Å². The van der Waals surface area contributed by atoms with Crippen molar-refractivity contribution < 1.29 is 9.53 Å². The van der Waals surface area contributed by atoms with Crippen LogP contribution >= 0.6 is 0 Å². The van der Waals surface area contributed by atoms with Crippen LogP contribution in [-0.2, 0) is 9.53 Å². The first-order chi connectivity index (χ1) is 10.5. The van der Waals surface area contributed by atoms with Crippen LogP contribution in [0.1, 0.15) is 56.1 Å². The summed E-state index contributed by atoms with van der Waals surface area (Å²) < 4.78 is 5.14. The number of nitrogens with zero attached hydrogens (tertiary/aromatic N) is 1. The summed E-state index contributed by atoms with van der Waals surface area (Å²) in [5.74, 6) is 0.760. The van der Waals surface area contributed by atoms with Crippen LogP contribution in [0.25, 0.3) is 0 Å². The van der Waals surface area contributed by atoms with Crippen molar-refractivity contribution in [2.45, 2.75) is 57.0 Å². The third-order valence-electron chi connectivity index (χ3n) is 5.77. The largest absolute Gasteiger partial charge is 0.469 e. The Bertz CT molecular complexity index is 537. The van der Waals surface area contributed by atoms with E-state index < -0.39 is 0 Å². The molecule has 0 spiro atoms. The van der Waals surface area contributed by atoms with Crippen LogP contribution in [0.2, 0.25) is 0 Å². The van der Waals surface area contributed by atoms with Gasteiger partial charge in [-0.3, -0.25) is 9.69 Å². The second-order valence-corrected chi connectivity index (χ2v) is 7.18. The summed E-state index contributed by atoms with van der Waals surface area (Å²) in [6.45, 7) is 4.42. The summed E-state index contributed by atoms with van der Waals surface area (Å²) in [7, 11) is 3.68. The van der Waals surface area contributed by atoms with Crippen molar-refractivity contribution >= 4 is 5.97 Å². The second-order valence-electron chi connectivity index (χ2n) is 7.18. The highest BCUT2D eigenvalue weighted by Crippen LogP contribution is 2.46. The lowest BCUT2D eigenvalue weighted by atomic mass is 9.76. The Morgan fingerprint density at radius 2 is 1.91 bits per heavy atom. The fraction of sp³-hybridized carbons (Fsp3) is 0.632. The van der Waals surface area contributed by atoms with Gasteiger partial charge in [0.1, 0.15) is 0 Å². The number of hydrogen-bond acceptors (Lipinski definition) is 3. The molecule has 120 valence electrons. The van der Waals surface area contributed by atoms with Crippen molar-refractivity contribution in [3.63, 3.8) is 0 Å². The van der Waals surface area contributed by atoms with Gasteiger partial charge >= 0.3 is 5.97 Å². The standard InChI is InChI=1S/C19H27NO2/c1-12(2)13-5-7-14(8-6-13)16-11-15-9-10-17(20(15)3)18(16)19(21)22-4/h5-8,12,15-18H,9-11H2,1-4H3/t15?,16-,17?,18+/m1/s1. The molecule has 0 aliphatic carbocycles. The Hall–Kier alpha value is -1.35. The first-order valence-electron chi connectivity index (χ1n) is 8.42. The van der Waals surface area contributed by atoms with Gasteiger partial charge < -0.3 is 4.74 Å². The number of esters is 1. The SMILES string of the molecule is COC(=O)[C@@H]1C2CCC(C[C@@H]1c1ccc(C(C)C)cc1)N2C. The number of carbonyl (C=O) groups is 1. The maximum Gasteiger partial charge on any atom is 0.310 e. The van der Waals surface area contributed by atoms with E-state index in [1.807, 2.05) is 0 Å². The summed E-state index contributed by atoms with van der Waals surface area (Å²) in [5, 5.41) is 0. The molecule has 2 saturated heterocycles. The number of carbonyl (C=O) groups excluding carboxylic acids is 1. The third kappa shape index (κ3) is 2.56. The van der Waals surface area contributed by atoms with Gasteiger partial charge in [-0.1, -0.05) is 38.1 Å². The molecule has 22 heavy (non-hydrogen) atoms. The van der Waals surface area contributed by atoms with Gasteiger partial charge in [-0.05, 0) is 43.4 Å². The van der Waals surface area contributed by atoms with Crippen molar-refractivity contribution in [1.82, 2.24) is 4.90 Å². The van der Waals surface area contributed by atoms with Gasteiger partial charge in [-0.25, -0.2) is 0 Å². The number of methoxy groups -OCH3 is 1. The lowest BCUT2D eigenvalue weighted by Crippen LogP contribution is -2.49. The van der Waals surface area contributed by atoms with Crippen LogP contribution in [0.5, 0.6) is 0 Å². The normalized spacial score (nSPS) is 31.5. The number of piperidine rings is 1. The first-order valence-corrected chi connectivity index (χ1v) is 8.42. The van der Waals surface area contributed by atoms with Gasteiger partial charge in [0.05, 0.1) is 13.0 Å². The minimum atomic E-state index is -0.0462. The Morgan fingerprint density at radius 3 is 2.50 bits per heavy atom. The van der Waals surface area contributed by atoms with Crippen LogP contribution in [-0.4, -0.2) is 37.1 Å². The molecule has 2 aliphatic heterocycles. The first kappa shape index (κ1) is 15.5. The van der Waals surface area contributed by atoms with Gasteiger partial charge in [-0.15, -0.1) is 0 Å². The maximum atomic E-state index is 12.4. The highest BCUT2D eigenvalue weighted by Gasteiger charge is 2.49. The molecule has 3 rings (SSSR count). The number of hydrogen-bond donors (Lipinski definition) is 0. The zero-order valence-corrected chi connectivity index (χ0v) is 14.1. The van der Waals surface area contributed by atoms with E-state index in [1.54, 1.807) is 0 Å².